The predicted molar refractivity (Wildman–Crippen MR) is 46.7 cm³/mol. The summed E-state index contributed by atoms with van der Waals surface area (Å²) in [4.78, 5) is 0. The monoisotopic (exact) mass is 175 g/mol. The van der Waals surface area contributed by atoms with Crippen LogP contribution in [-0.4, -0.2) is 23.5 Å². The molecule has 0 radical (unpaired) electrons. The third kappa shape index (κ3) is 1.85. The van der Waals surface area contributed by atoms with Crippen LogP contribution >= 0.6 is 23.1 Å². The van der Waals surface area contributed by atoms with Gasteiger partial charge in [-0.1, -0.05) is 11.3 Å². The highest BCUT2D eigenvalue weighted by atomic mass is 32.2. The third-order valence-corrected chi connectivity index (χ3v) is 2.63. The van der Waals surface area contributed by atoms with Gasteiger partial charge in [0.2, 0.25) is 5.13 Å². The zero-order valence-electron chi connectivity index (χ0n) is 5.92. The molecule has 0 saturated carbocycles. The van der Waals surface area contributed by atoms with Gasteiger partial charge in [0.05, 0.1) is 0 Å². The fraction of sp³-hybridized carbons (Fsp3) is 0.600. The number of thioether (sulfide) groups is 1. The molecule has 0 aliphatic heterocycles. The molecule has 0 fully saturated rings. The molecular formula is C5H9N3S2. The molecule has 5 heteroatoms. The zero-order chi connectivity index (χ0) is 7.40. The van der Waals surface area contributed by atoms with Crippen LogP contribution in [0.4, 0.5) is 5.13 Å². The van der Waals surface area contributed by atoms with Crippen molar-refractivity contribution in [3.8, 4) is 0 Å². The number of aromatic nitrogens is 2. The number of nitrogens with one attached hydrogen (secondary N) is 1. The van der Waals surface area contributed by atoms with E-state index in [1.165, 1.54) is 0 Å². The molecule has 1 heterocycles. The molecule has 3 nitrogen and oxygen atoms in total. The van der Waals surface area contributed by atoms with E-state index in [0.29, 0.717) is 0 Å². The number of rotatable bonds is 3. The van der Waals surface area contributed by atoms with Gasteiger partial charge in [0.25, 0.3) is 0 Å². The Morgan fingerprint density at radius 3 is 2.90 bits per heavy atom. The lowest BCUT2D eigenvalue weighted by molar-refractivity contribution is 1.04. The van der Waals surface area contributed by atoms with Crippen molar-refractivity contribution in [1.29, 1.82) is 0 Å². The van der Waals surface area contributed by atoms with Gasteiger partial charge >= 0.3 is 0 Å². The molecule has 1 N–H and O–H groups in total. The smallest absolute Gasteiger partial charge is 0.205 e. The molecule has 0 aromatic carbocycles. The lowest BCUT2D eigenvalue weighted by Gasteiger charge is -1.85. The molecule has 0 amide bonds. The van der Waals surface area contributed by atoms with Gasteiger partial charge in [0.1, 0.15) is 5.01 Å². The SMILES string of the molecule is CNc1nnc(CSC)s1. The molecule has 0 atom stereocenters. The Morgan fingerprint density at radius 1 is 1.60 bits per heavy atom. The van der Waals surface area contributed by atoms with Crippen LogP contribution in [0, 0.1) is 0 Å². The van der Waals surface area contributed by atoms with Gasteiger partial charge in [-0.05, 0) is 6.26 Å². The lowest BCUT2D eigenvalue weighted by Crippen LogP contribution is -1.84. The largest absolute Gasteiger partial charge is 0.363 e. The van der Waals surface area contributed by atoms with Crippen molar-refractivity contribution < 1.29 is 0 Å². The van der Waals surface area contributed by atoms with E-state index >= 15 is 0 Å². The molecule has 0 aliphatic rings. The normalized spacial score (nSPS) is 9.80. The first-order valence-electron chi connectivity index (χ1n) is 2.86. The summed E-state index contributed by atoms with van der Waals surface area (Å²) in [7, 11) is 1.85. The van der Waals surface area contributed by atoms with Gasteiger partial charge in [-0.25, -0.2) is 0 Å². The van der Waals surface area contributed by atoms with E-state index in [1.54, 1.807) is 23.1 Å². The summed E-state index contributed by atoms with van der Waals surface area (Å²) in [6.07, 6.45) is 2.06. The minimum Gasteiger partial charge on any atom is -0.363 e. The topological polar surface area (TPSA) is 37.8 Å². The number of hydrogen-bond donors (Lipinski definition) is 1. The van der Waals surface area contributed by atoms with Crippen molar-refractivity contribution in [2.75, 3.05) is 18.6 Å². The summed E-state index contributed by atoms with van der Waals surface area (Å²) < 4.78 is 0. The Labute approximate surface area is 68.2 Å². The van der Waals surface area contributed by atoms with E-state index in [0.717, 1.165) is 15.9 Å². The summed E-state index contributed by atoms with van der Waals surface area (Å²) in [6, 6.07) is 0. The molecule has 1 aromatic rings. The van der Waals surface area contributed by atoms with E-state index < -0.39 is 0 Å². The maximum Gasteiger partial charge on any atom is 0.205 e. The first kappa shape index (κ1) is 7.81. The van der Waals surface area contributed by atoms with Crippen molar-refractivity contribution in [2.45, 2.75) is 5.75 Å². The maximum atomic E-state index is 3.96. The molecule has 0 saturated heterocycles. The third-order valence-electron chi connectivity index (χ3n) is 0.949. The molecular weight excluding hydrogens is 166 g/mol. The van der Waals surface area contributed by atoms with Gasteiger partial charge < -0.3 is 5.32 Å². The molecule has 1 rings (SSSR count). The maximum absolute atomic E-state index is 3.96. The molecule has 0 unspecified atom stereocenters. The van der Waals surface area contributed by atoms with Crippen molar-refractivity contribution in [2.24, 2.45) is 0 Å². The van der Waals surface area contributed by atoms with E-state index in [1.807, 2.05) is 7.05 Å². The number of nitrogens with zero attached hydrogens (tertiary/aromatic N) is 2. The summed E-state index contributed by atoms with van der Waals surface area (Å²) in [5.74, 6) is 0.958. The second-order valence-electron chi connectivity index (χ2n) is 1.68. The second-order valence-corrected chi connectivity index (χ2v) is 3.61. The van der Waals surface area contributed by atoms with Crippen LogP contribution < -0.4 is 5.32 Å². The van der Waals surface area contributed by atoms with E-state index in [4.69, 9.17) is 0 Å². The quantitative estimate of drug-likeness (QED) is 0.754. The van der Waals surface area contributed by atoms with Crippen molar-refractivity contribution in [1.82, 2.24) is 10.2 Å². The van der Waals surface area contributed by atoms with Gasteiger partial charge in [0.15, 0.2) is 0 Å². The van der Waals surface area contributed by atoms with Gasteiger partial charge in [-0.15, -0.1) is 10.2 Å². The van der Waals surface area contributed by atoms with E-state index in [9.17, 15) is 0 Å². The van der Waals surface area contributed by atoms with E-state index in [-0.39, 0.29) is 0 Å². The minimum absolute atomic E-state index is 0.893. The molecule has 1 aromatic heterocycles. The summed E-state index contributed by atoms with van der Waals surface area (Å²) in [5.41, 5.74) is 0. The van der Waals surface area contributed by atoms with Crippen molar-refractivity contribution in [3.05, 3.63) is 5.01 Å². The average molecular weight is 175 g/mol. The molecule has 56 valence electrons. The fourth-order valence-electron chi connectivity index (χ4n) is 0.536. The molecule has 0 bridgehead atoms. The Balaban J connectivity index is 2.59. The Hall–Kier alpha value is -0.290. The Kier molecular flexibility index (Phi) is 2.95. The minimum atomic E-state index is 0.893. The number of anilines is 1. The molecule has 0 aliphatic carbocycles. The Bertz CT molecular complexity index is 199. The van der Waals surface area contributed by atoms with Crippen LogP contribution in [0.15, 0.2) is 0 Å². The van der Waals surface area contributed by atoms with Gasteiger partial charge in [-0.2, -0.15) is 11.8 Å². The first-order chi connectivity index (χ1) is 4.86. The standard InChI is InChI=1S/C5H9N3S2/c1-6-5-8-7-4(10-5)3-9-2/h3H2,1-2H3,(H,6,8). The summed E-state index contributed by atoms with van der Waals surface area (Å²) >= 11 is 3.36. The zero-order valence-corrected chi connectivity index (χ0v) is 7.55. The highest BCUT2D eigenvalue weighted by molar-refractivity contribution is 7.97. The lowest BCUT2D eigenvalue weighted by atomic mass is 10.9. The van der Waals surface area contributed by atoms with Gasteiger partial charge in [-0.3, -0.25) is 0 Å². The van der Waals surface area contributed by atoms with Crippen LogP contribution in [0.2, 0.25) is 0 Å². The van der Waals surface area contributed by atoms with Crippen LogP contribution in [0.25, 0.3) is 0 Å². The van der Waals surface area contributed by atoms with E-state index in [2.05, 4.69) is 21.8 Å². The average Bonchev–Trinajstić information content (AvgIpc) is 2.37. The van der Waals surface area contributed by atoms with Crippen molar-refractivity contribution >= 4 is 28.2 Å². The van der Waals surface area contributed by atoms with Crippen LogP contribution in [-0.2, 0) is 5.75 Å². The molecule has 10 heavy (non-hydrogen) atoms. The number of hydrogen-bond acceptors (Lipinski definition) is 5. The predicted octanol–water partition coefficient (Wildman–Crippen LogP) is 1.44. The Morgan fingerprint density at radius 2 is 2.40 bits per heavy atom. The van der Waals surface area contributed by atoms with Crippen LogP contribution in [0.1, 0.15) is 5.01 Å². The molecule has 0 spiro atoms. The fourth-order valence-corrected chi connectivity index (χ4v) is 1.92. The summed E-state index contributed by atoms with van der Waals surface area (Å²) in [6.45, 7) is 0. The van der Waals surface area contributed by atoms with Gasteiger partial charge in [0, 0.05) is 12.8 Å². The first-order valence-corrected chi connectivity index (χ1v) is 5.07. The van der Waals surface area contributed by atoms with Crippen LogP contribution in [0.3, 0.4) is 0 Å². The second kappa shape index (κ2) is 3.78. The van der Waals surface area contributed by atoms with Crippen molar-refractivity contribution in [3.63, 3.8) is 0 Å². The highest BCUT2D eigenvalue weighted by Crippen LogP contribution is 2.17. The van der Waals surface area contributed by atoms with Crippen LogP contribution in [0.5, 0.6) is 0 Å². The highest BCUT2D eigenvalue weighted by Gasteiger charge is 1.99. The summed E-state index contributed by atoms with van der Waals surface area (Å²) in [5, 5.41) is 12.8.